The number of aryl methyl sites for hydroxylation is 1. The van der Waals surface area contributed by atoms with Gasteiger partial charge in [0.2, 0.25) is 0 Å². The van der Waals surface area contributed by atoms with Crippen molar-refractivity contribution in [3.05, 3.63) is 45.1 Å². The predicted molar refractivity (Wildman–Crippen MR) is 71.4 cm³/mol. The number of thiophene rings is 1. The topological polar surface area (TPSA) is 0 Å². The average molecular weight is 228 g/mol. The van der Waals surface area contributed by atoms with Gasteiger partial charge in [0.05, 0.1) is 0 Å². The molecule has 0 unspecified atom stereocenters. The first kappa shape index (κ1) is 10.1. The van der Waals surface area contributed by atoms with E-state index in [-0.39, 0.29) is 0 Å². The maximum absolute atomic E-state index is 2.39. The molecule has 2 aromatic rings. The minimum absolute atomic E-state index is 0.620. The molecule has 0 amide bonds. The number of hydrogen-bond acceptors (Lipinski definition) is 1. The predicted octanol–water partition coefficient (Wildman–Crippen LogP) is 4.75. The van der Waals surface area contributed by atoms with E-state index in [1.807, 2.05) is 11.3 Å². The summed E-state index contributed by atoms with van der Waals surface area (Å²) in [6, 6.07) is 9.33. The maximum Gasteiger partial charge on any atom is 0.0171 e. The summed E-state index contributed by atoms with van der Waals surface area (Å²) in [5, 5.41) is 0. The molecule has 1 aromatic heterocycles. The van der Waals surface area contributed by atoms with E-state index < -0.39 is 0 Å². The third-order valence-electron chi connectivity index (χ3n) is 3.37. The van der Waals surface area contributed by atoms with Gasteiger partial charge in [0.15, 0.2) is 0 Å². The van der Waals surface area contributed by atoms with E-state index in [4.69, 9.17) is 0 Å². The van der Waals surface area contributed by atoms with Crippen molar-refractivity contribution in [2.75, 3.05) is 0 Å². The van der Waals surface area contributed by atoms with E-state index in [0.29, 0.717) is 5.92 Å². The lowest BCUT2D eigenvalue weighted by Gasteiger charge is -2.08. The van der Waals surface area contributed by atoms with Crippen molar-refractivity contribution < 1.29 is 0 Å². The Balaban J connectivity index is 2.17. The van der Waals surface area contributed by atoms with Crippen LogP contribution in [0.2, 0.25) is 0 Å². The quantitative estimate of drug-likeness (QED) is 0.564. The Morgan fingerprint density at radius 3 is 2.69 bits per heavy atom. The zero-order chi connectivity index (χ0) is 11.3. The van der Waals surface area contributed by atoms with Crippen LogP contribution in [0.1, 0.15) is 40.6 Å². The van der Waals surface area contributed by atoms with Crippen molar-refractivity contribution >= 4 is 11.3 Å². The zero-order valence-corrected chi connectivity index (χ0v) is 10.8. The van der Waals surface area contributed by atoms with Gasteiger partial charge in [0.25, 0.3) is 0 Å². The SMILES string of the molecule is Cc1cc2c(s1)Cc1ccc(C(C)C)cc1-2. The highest BCUT2D eigenvalue weighted by molar-refractivity contribution is 7.12. The summed E-state index contributed by atoms with van der Waals surface area (Å²) in [5.74, 6) is 0.620. The third kappa shape index (κ3) is 1.42. The minimum Gasteiger partial charge on any atom is -0.145 e. The fourth-order valence-electron chi connectivity index (χ4n) is 2.45. The van der Waals surface area contributed by atoms with Gasteiger partial charge in [-0.25, -0.2) is 0 Å². The second kappa shape index (κ2) is 3.46. The zero-order valence-electron chi connectivity index (χ0n) is 10.0. The second-order valence-electron chi connectivity index (χ2n) is 4.94. The molecule has 0 saturated heterocycles. The Bertz CT molecular complexity index is 547. The lowest BCUT2D eigenvalue weighted by molar-refractivity contribution is 0.866. The smallest absolute Gasteiger partial charge is 0.0171 e. The maximum atomic E-state index is 2.39. The van der Waals surface area contributed by atoms with Gasteiger partial charge in [0.1, 0.15) is 0 Å². The van der Waals surface area contributed by atoms with Gasteiger partial charge in [-0.3, -0.25) is 0 Å². The van der Waals surface area contributed by atoms with Gasteiger partial charge < -0.3 is 0 Å². The van der Waals surface area contributed by atoms with Crippen LogP contribution in [0.25, 0.3) is 11.1 Å². The summed E-state index contributed by atoms with van der Waals surface area (Å²) in [6.45, 7) is 6.72. The van der Waals surface area contributed by atoms with Gasteiger partial charge in [0, 0.05) is 16.2 Å². The highest BCUT2D eigenvalue weighted by Gasteiger charge is 2.21. The molecule has 1 heterocycles. The summed E-state index contributed by atoms with van der Waals surface area (Å²) in [6.07, 6.45) is 1.14. The van der Waals surface area contributed by atoms with E-state index in [0.717, 1.165) is 6.42 Å². The Morgan fingerprint density at radius 1 is 1.12 bits per heavy atom. The van der Waals surface area contributed by atoms with Crippen molar-refractivity contribution in [2.45, 2.75) is 33.1 Å². The van der Waals surface area contributed by atoms with Crippen LogP contribution in [0.4, 0.5) is 0 Å². The summed E-state index contributed by atoms with van der Waals surface area (Å²) >= 11 is 1.95. The largest absolute Gasteiger partial charge is 0.145 e. The summed E-state index contributed by atoms with van der Waals surface area (Å²) < 4.78 is 0. The van der Waals surface area contributed by atoms with Gasteiger partial charge >= 0.3 is 0 Å². The van der Waals surface area contributed by atoms with E-state index in [1.165, 1.54) is 27.1 Å². The molecule has 1 heteroatoms. The van der Waals surface area contributed by atoms with Crippen LogP contribution in [0.15, 0.2) is 24.3 Å². The van der Waals surface area contributed by atoms with Crippen LogP contribution in [0.3, 0.4) is 0 Å². The Morgan fingerprint density at radius 2 is 1.94 bits per heavy atom. The first-order valence-electron chi connectivity index (χ1n) is 5.87. The summed E-state index contributed by atoms with van der Waals surface area (Å²) in [7, 11) is 0. The molecule has 0 nitrogen and oxygen atoms in total. The first-order valence-corrected chi connectivity index (χ1v) is 6.69. The fraction of sp³-hybridized carbons (Fsp3) is 0.333. The molecule has 3 rings (SSSR count). The second-order valence-corrected chi connectivity index (χ2v) is 6.28. The molecule has 1 aliphatic rings. The average Bonchev–Trinajstić information content (AvgIpc) is 2.72. The van der Waals surface area contributed by atoms with Gasteiger partial charge in [-0.1, -0.05) is 32.0 Å². The molecule has 1 aromatic carbocycles. The van der Waals surface area contributed by atoms with Gasteiger partial charge in [-0.05, 0) is 41.2 Å². The van der Waals surface area contributed by atoms with E-state index in [2.05, 4.69) is 45.0 Å². The van der Waals surface area contributed by atoms with Gasteiger partial charge in [-0.2, -0.15) is 0 Å². The lowest BCUT2D eigenvalue weighted by atomic mass is 9.97. The number of rotatable bonds is 1. The molecule has 82 valence electrons. The van der Waals surface area contributed by atoms with Crippen LogP contribution in [0.5, 0.6) is 0 Å². The van der Waals surface area contributed by atoms with E-state index in [1.54, 1.807) is 4.88 Å². The van der Waals surface area contributed by atoms with Crippen molar-refractivity contribution in [1.82, 2.24) is 0 Å². The molecule has 0 radical (unpaired) electrons. The van der Waals surface area contributed by atoms with Crippen LogP contribution in [0, 0.1) is 6.92 Å². The van der Waals surface area contributed by atoms with Crippen molar-refractivity contribution in [2.24, 2.45) is 0 Å². The summed E-state index contributed by atoms with van der Waals surface area (Å²) in [4.78, 5) is 2.99. The highest BCUT2D eigenvalue weighted by Crippen LogP contribution is 2.42. The molecule has 0 atom stereocenters. The lowest BCUT2D eigenvalue weighted by Crippen LogP contribution is -1.89. The molecular weight excluding hydrogens is 212 g/mol. The van der Waals surface area contributed by atoms with Crippen LogP contribution in [-0.2, 0) is 6.42 Å². The third-order valence-corrected chi connectivity index (χ3v) is 4.42. The van der Waals surface area contributed by atoms with Gasteiger partial charge in [-0.15, -0.1) is 11.3 Å². The van der Waals surface area contributed by atoms with Crippen LogP contribution in [-0.4, -0.2) is 0 Å². The van der Waals surface area contributed by atoms with Crippen LogP contribution >= 0.6 is 11.3 Å². The number of fused-ring (bicyclic) bond motifs is 3. The minimum atomic E-state index is 0.620. The van der Waals surface area contributed by atoms with Crippen LogP contribution < -0.4 is 0 Å². The first-order chi connectivity index (χ1) is 7.65. The van der Waals surface area contributed by atoms with Crippen molar-refractivity contribution in [3.63, 3.8) is 0 Å². The molecule has 0 saturated carbocycles. The number of benzene rings is 1. The Hall–Kier alpha value is -1.08. The molecule has 0 bridgehead atoms. The molecule has 16 heavy (non-hydrogen) atoms. The molecular formula is C15H16S. The van der Waals surface area contributed by atoms with E-state index >= 15 is 0 Å². The van der Waals surface area contributed by atoms with E-state index in [9.17, 15) is 0 Å². The molecule has 0 fully saturated rings. The molecule has 1 aliphatic carbocycles. The monoisotopic (exact) mass is 228 g/mol. The Labute approximate surface area is 101 Å². The summed E-state index contributed by atoms with van der Waals surface area (Å²) in [5.41, 5.74) is 5.92. The normalized spacial score (nSPS) is 13.0. The highest BCUT2D eigenvalue weighted by atomic mass is 32.1. The molecule has 0 N–H and O–H groups in total. The number of hydrogen-bond donors (Lipinski definition) is 0. The molecule has 0 aliphatic heterocycles. The standard InChI is InChI=1S/C15H16S/c1-9(2)11-4-5-12-8-15-14(13(12)7-11)6-10(3)16-15/h4-7,9H,8H2,1-3H3. The fourth-order valence-corrected chi connectivity index (χ4v) is 3.52. The van der Waals surface area contributed by atoms with Crippen molar-refractivity contribution in [1.29, 1.82) is 0 Å². The molecule has 0 spiro atoms. The van der Waals surface area contributed by atoms with Crippen molar-refractivity contribution in [3.8, 4) is 11.1 Å². The Kier molecular flexibility index (Phi) is 2.18.